The molecule has 0 saturated heterocycles. The van der Waals surface area contributed by atoms with Crippen LogP contribution in [-0.4, -0.2) is 11.2 Å². The number of terminal acetylenes is 1. The van der Waals surface area contributed by atoms with E-state index < -0.39 is 6.10 Å². The van der Waals surface area contributed by atoms with Crippen LogP contribution < -0.4 is 0 Å². The molecule has 1 unspecified atom stereocenters. The number of rotatable bonds is 2. The van der Waals surface area contributed by atoms with Gasteiger partial charge in [0.15, 0.2) is 6.10 Å². The average molecular weight is 134 g/mol. The van der Waals surface area contributed by atoms with Gasteiger partial charge >= 0.3 is 0 Å². The van der Waals surface area contributed by atoms with Crippen LogP contribution in [0.3, 0.4) is 0 Å². The van der Waals surface area contributed by atoms with Crippen molar-refractivity contribution < 1.29 is 5.11 Å². The lowest BCUT2D eigenvalue weighted by molar-refractivity contribution is 0.290. The van der Waals surface area contributed by atoms with E-state index in [1.807, 2.05) is 0 Å². The van der Waals surface area contributed by atoms with Gasteiger partial charge in [0.25, 0.3) is 0 Å². The smallest absolute Gasteiger partial charge is 0.176 e. The van der Waals surface area contributed by atoms with Crippen molar-refractivity contribution in [2.24, 2.45) is 0 Å². The Kier molecular flexibility index (Phi) is 5.25. The van der Waals surface area contributed by atoms with Crippen molar-refractivity contribution in [2.45, 2.75) is 18.9 Å². The molecule has 0 aliphatic rings. The Morgan fingerprint density at radius 2 is 2.40 bits per heavy atom. The summed E-state index contributed by atoms with van der Waals surface area (Å²) in [6, 6.07) is 0. The van der Waals surface area contributed by atoms with Gasteiger partial charge in [-0.3, -0.25) is 0 Å². The minimum atomic E-state index is -0.912. The molecule has 1 nitrogen and oxygen atoms in total. The van der Waals surface area contributed by atoms with E-state index in [2.05, 4.69) is 24.3 Å². The number of unbranched alkanes of at least 4 members (excludes halogenated alkanes) is 1. The van der Waals surface area contributed by atoms with Crippen LogP contribution in [-0.2, 0) is 0 Å². The molecule has 1 atom stereocenters. The molecule has 0 bridgehead atoms. The number of aliphatic hydroxyl groups is 1. The zero-order valence-corrected chi connectivity index (χ0v) is 5.80. The highest BCUT2D eigenvalue weighted by molar-refractivity contribution is 5.15. The Balaban J connectivity index is 3.50. The fourth-order valence-corrected chi connectivity index (χ4v) is 0.385. The van der Waals surface area contributed by atoms with Crippen LogP contribution in [0.5, 0.6) is 0 Å². The molecule has 0 aromatic heterocycles. The zero-order chi connectivity index (χ0) is 7.82. The van der Waals surface area contributed by atoms with E-state index in [0.717, 1.165) is 6.42 Å². The first kappa shape index (κ1) is 8.82. The summed E-state index contributed by atoms with van der Waals surface area (Å²) in [6.45, 7) is 3.53. The first-order valence-electron chi connectivity index (χ1n) is 3.04. The number of hydrogen-bond acceptors (Lipinski definition) is 1. The predicted molar refractivity (Wildman–Crippen MR) is 42.0 cm³/mol. The molecule has 1 N–H and O–H groups in total. The van der Waals surface area contributed by atoms with Gasteiger partial charge in [0.05, 0.1) is 0 Å². The van der Waals surface area contributed by atoms with Gasteiger partial charge in [-0.15, -0.1) is 13.0 Å². The van der Waals surface area contributed by atoms with Gasteiger partial charge in [0.1, 0.15) is 0 Å². The lowest BCUT2D eigenvalue weighted by Gasteiger charge is -1.86. The van der Waals surface area contributed by atoms with Gasteiger partial charge in [-0.1, -0.05) is 23.8 Å². The van der Waals surface area contributed by atoms with Crippen molar-refractivity contribution in [3.8, 4) is 24.2 Å². The largest absolute Gasteiger partial charge is 0.369 e. The van der Waals surface area contributed by atoms with E-state index in [1.54, 1.807) is 6.08 Å². The molecular weight excluding hydrogens is 124 g/mol. The van der Waals surface area contributed by atoms with Crippen molar-refractivity contribution in [1.82, 2.24) is 0 Å². The average Bonchev–Trinajstić information content (AvgIpc) is 1.98. The Labute approximate surface area is 61.8 Å². The van der Waals surface area contributed by atoms with E-state index >= 15 is 0 Å². The maximum absolute atomic E-state index is 8.72. The second-order valence-electron chi connectivity index (χ2n) is 1.72. The molecule has 0 amide bonds. The maximum Gasteiger partial charge on any atom is 0.176 e. The summed E-state index contributed by atoms with van der Waals surface area (Å²) in [6.07, 6.45) is 7.27. The molecule has 0 rings (SSSR count). The zero-order valence-electron chi connectivity index (χ0n) is 5.80. The standard InChI is InChI=1S/C9H10O/c1-3-5-6-7-8-9(10)4-2/h2-3,9-10H,1,5-6H2. The van der Waals surface area contributed by atoms with E-state index in [1.165, 1.54) is 0 Å². The van der Waals surface area contributed by atoms with Crippen molar-refractivity contribution in [2.75, 3.05) is 0 Å². The van der Waals surface area contributed by atoms with Crippen LogP contribution in [0, 0.1) is 24.2 Å². The molecule has 10 heavy (non-hydrogen) atoms. The maximum atomic E-state index is 8.72. The van der Waals surface area contributed by atoms with E-state index in [9.17, 15) is 0 Å². The number of hydrogen-bond donors (Lipinski definition) is 1. The molecule has 0 spiro atoms. The third kappa shape index (κ3) is 4.97. The lowest BCUT2D eigenvalue weighted by Crippen LogP contribution is -1.95. The summed E-state index contributed by atoms with van der Waals surface area (Å²) in [7, 11) is 0. The Morgan fingerprint density at radius 3 is 2.90 bits per heavy atom. The van der Waals surface area contributed by atoms with Crippen molar-refractivity contribution in [3.05, 3.63) is 12.7 Å². The minimum absolute atomic E-state index is 0.711. The summed E-state index contributed by atoms with van der Waals surface area (Å²) in [5, 5.41) is 8.72. The van der Waals surface area contributed by atoms with E-state index in [-0.39, 0.29) is 0 Å². The van der Waals surface area contributed by atoms with Crippen LogP contribution >= 0.6 is 0 Å². The first-order valence-corrected chi connectivity index (χ1v) is 3.04. The second kappa shape index (κ2) is 5.95. The van der Waals surface area contributed by atoms with Crippen molar-refractivity contribution in [3.63, 3.8) is 0 Å². The Morgan fingerprint density at radius 1 is 1.70 bits per heavy atom. The SMILES string of the molecule is C#CC(O)C#CCCC=C. The van der Waals surface area contributed by atoms with Gasteiger partial charge in [-0.2, -0.15) is 0 Å². The highest BCUT2D eigenvalue weighted by Gasteiger charge is 1.85. The molecule has 52 valence electrons. The quantitative estimate of drug-likeness (QED) is 0.338. The molecule has 0 heterocycles. The predicted octanol–water partition coefficient (Wildman–Crippen LogP) is 0.950. The normalized spacial score (nSPS) is 10.4. The third-order valence-electron chi connectivity index (χ3n) is 0.870. The van der Waals surface area contributed by atoms with Crippen LogP contribution in [0.4, 0.5) is 0 Å². The van der Waals surface area contributed by atoms with Crippen molar-refractivity contribution in [1.29, 1.82) is 0 Å². The third-order valence-corrected chi connectivity index (χ3v) is 0.870. The summed E-state index contributed by atoms with van der Waals surface area (Å²) in [5.74, 6) is 7.31. The lowest BCUT2D eigenvalue weighted by atomic mass is 10.3. The van der Waals surface area contributed by atoms with Gasteiger partial charge in [-0.05, 0) is 6.42 Å². The summed E-state index contributed by atoms with van der Waals surface area (Å²) in [4.78, 5) is 0. The fraction of sp³-hybridized carbons (Fsp3) is 0.333. The van der Waals surface area contributed by atoms with E-state index in [4.69, 9.17) is 11.5 Å². The minimum Gasteiger partial charge on any atom is -0.369 e. The molecular formula is C9H10O. The van der Waals surface area contributed by atoms with E-state index in [0.29, 0.717) is 6.42 Å². The molecule has 0 fully saturated rings. The van der Waals surface area contributed by atoms with Crippen molar-refractivity contribution >= 4 is 0 Å². The Bertz CT molecular complexity index is 187. The second-order valence-corrected chi connectivity index (χ2v) is 1.72. The molecule has 0 aliphatic heterocycles. The number of allylic oxidation sites excluding steroid dienone is 1. The number of aliphatic hydroxyl groups excluding tert-OH is 1. The van der Waals surface area contributed by atoms with Gasteiger partial charge in [0.2, 0.25) is 0 Å². The molecule has 0 radical (unpaired) electrons. The molecule has 1 heteroatoms. The van der Waals surface area contributed by atoms with Gasteiger partial charge < -0.3 is 5.11 Å². The highest BCUT2D eigenvalue weighted by atomic mass is 16.3. The fourth-order valence-electron chi connectivity index (χ4n) is 0.385. The monoisotopic (exact) mass is 134 g/mol. The molecule has 0 aromatic carbocycles. The summed E-state index contributed by atoms with van der Waals surface area (Å²) in [5.41, 5.74) is 0. The Hall–Kier alpha value is -1.18. The van der Waals surface area contributed by atoms with Crippen LogP contribution in [0.1, 0.15) is 12.8 Å². The summed E-state index contributed by atoms with van der Waals surface area (Å²) < 4.78 is 0. The van der Waals surface area contributed by atoms with Gasteiger partial charge in [0, 0.05) is 6.42 Å². The topological polar surface area (TPSA) is 20.2 Å². The van der Waals surface area contributed by atoms with Crippen LogP contribution in [0.15, 0.2) is 12.7 Å². The van der Waals surface area contributed by atoms with Crippen LogP contribution in [0.25, 0.3) is 0 Å². The summed E-state index contributed by atoms with van der Waals surface area (Å²) >= 11 is 0. The molecule has 0 aliphatic carbocycles. The van der Waals surface area contributed by atoms with Gasteiger partial charge in [-0.25, -0.2) is 0 Å². The molecule has 0 saturated carbocycles. The highest BCUT2D eigenvalue weighted by Crippen LogP contribution is 1.85. The first-order chi connectivity index (χ1) is 4.81. The van der Waals surface area contributed by atoms with Crippen LogP contribution in [0.2, 0.25) is 0 Å². The molecule has 0 aromatic rings.